The van der Waals surface area contributed by atoms with E-state index in [-0.39, 0.29) is 5.41 Å². The monoisotopic (exact) mass is 188 g/mol. The molecule has 0 bridgehead atoms. The van der Waals surface area contributed by atoms with E-state index in [2.05, 4.69) is 43.2 Å². The molecule has 2 nitrogen and oxygen atoms in total. The Kier molecular flexibility index (Phi) is 2.06. The Balaban J connectivity index is 2.30. The van der Waals surface area contributed by atoms with Crippen LogP contribution in [0, 0.1) is 5.41 Å². The lowest BCUT2D eigenvalue weighted by Gasteiger charge is -2.32. The topological polar surface area (TPSA) is 24.9 Å². The third kappa shape index (κ3) is 1.65. The van der Waals surface area contributed by atoms with E-state index in [1.807, 2.05) is 18.5 Å². The molecule has 2 heterocycles. The number of hydrogen-bond acceptors (Lipinski definition) is 2. The zero-order chi connectivity index (χ0) is 10.2. The lowest BCUT2D eigenvalue weighted by Crippen LogP contribution is -2.33. The van der Waals surface area contributed by atoms with Gasteiger partial charge in [0.1, 0.15) is 0 Å². The summed E-state index contributed by atoms with van der Waals surface area (Å²) in [4.78, 5) is 4.12. The van der Waals surface area contributed by atoms with Crippen LogP contribution in [0.2, 0.25) is 0 Å². The molecule has 0 radical (unpaired) electrons. The number of pyridine rings is 1. The van der Waals surface area contributed by atoms with E-state index in [0.717, 1.165) is 5.69 Å². The fraction of sp³-hybridized carbons (Fsp3) is 0.417. The summed E-state index contributed by atoms with van der Waals surface area (Å²) in [5.74, 6) is 0. The Labute approximate surface area is 85.1 Å². The van der Waals surface area contributed by atoms with Gasteiger partial charge in [-0.1, -0.05) is 32.9 Å². The molecular weight excluding hydrogens is 172 g/mol. The van der Waals surface area contributed by atoms with Crippen LogP contribution >= 0.6 is 0 Å². The number of nitrogens with one attached hydrogen (secondary N) is 1. The van der Waals surface area contributed by atoms with Crippen LogP contribution in [-0.4, -0.2) is 11.0 Å². The molecule has 0 aromatic carbocycles. The zero-order valence-electron chi connectivity index (χ0n) is 8.91. The van der Waals surface area contributed by atoms with Gasteiger partial charge in [-0.25, -0.2) is 0 Å². The van der Waals surface area contributed by atoms with Crippen LogP contribution in [-0.2, 0) is 0 Å². The number of hydrogen-bond donors (Lipinski definition) is 1. The largest absolute Gasteiger partial charge is 0.377 e. The maximum Gasteiger partial charge on any atom is 0.0604 e. The molecule has 74 valence electrons. The summed E-state index contributed by atoms with van der Waals surface area (Å²) in [6.45, 7) is 6.70. The highest BCUT2D eigenvalue weighted by molar-refractivity contribution is 5.69. The summed E-state index contributed by atoms with van der Waals surface area (Å²) in [5, 5.41) is 3.49. The van der Waals surface area contributed by atoms with Crippen LogP contribution in [0.4, 0.5) is 5.69 Å². The predicted octanol–water partition coefficient (Wildman–Crippen LogP) is 2.94. The molecule has 0 saturated heterocycles. The molecule has 1 aromatic heterocycles. The minimum absolute atomic E-state index is 0.240. The quantitative estimate of drug-likeness (QED) is 0.677. The number of fused-ring (bicyclic) bond motifs is 1. The van der Waals surface area contributed by atoms with E-state index in [9.17, 15) is 0 Å². The minimum Gasteiger partial charge on any atom is -0.377 e. The van der Waals surface area contributed by atoms with Gasteiger partial charge in [0.15, 0.2) is 0 Å². The molecule has 1 aliphatic rings. The van der Waals surface area contributed by atoms with Gasteiger partial charge in [-0.2, -0.15) is 0 Å². The first-order chi connectivity index (χ1) is 6.57. The predicted molar refractivity (Wildman–Crippen MR) is 60.1 cm³/mol. The van der Waals surface area contributed by atoms with E-state index < -0.39 is 0 Å². The van der Waals surface area contributed by atoms with Crippen LogP contribution in [0.5, 0.6) is 0 Å². The summed E-state index contributed by atoms with van der Waals surface area (Å²) in [6, 6.07) is 2.41. The molecule has 0 fully saturated rings. The van der Waals surface area contributed by atoms with Gasteiger partial charge in [0.2, 0.25) is 0 Å². The maximum absolute atomic E-state index is 4.12. The summed E-state index contributed by atoms with van der Waals surface area (Å²) >= 11 is 0. The Hall–Kier alpha value is -1.31. The standard InChI is InChI=1S/C12H16N2/c1-12(2,3)11-5-4-9-6-7-13-8-10(9)14-11/h4-8,11,14H,1-3H3. The average Bonchev–Trinajstić information content (AvgIpc) is 2.16. The summed E-state index contributed by atoms with van der Waals surface area (Å²) in [5.41, 5.74) is 2.60. The number of anilines is 1. The van der Waals surface area contributed by atoms with Gasteiger partial charge in [-0.15, -0.1) is 0 Å². The van der Waals surface area contributed by atoms with Gasteiger partial charge in [0, 0.05) is 17.8 Å². The highest BCUT2D eigenvalue weighted by Gasteiger charge is 2.24. The number of rotatable bonds is 0. The van der Waals surface area contributed by atoms with E-state index in [0.29, 0.717) is 6.04 Å². The van der Waals surface area contributed by atoms with Crippen molar-refractivity contribution in [3.63, 3.8) is 0 Å². The van der Waals surface area contributed by atoms with Crippen molar-refractivity contribution in [3.8, 4) is 0 Å². The summed E-state index contributed by atoms with van der Waals surface area (Å²) in [6.07, 6.45) is 8.10. The number of nitrogens with zero attached hydrogens (tertiary/aromatic N) is 1. The second-order valence-corrected chi connectivity index (χ2v) is 4.81. The van der Waals surface area contributed by atoms with Gasteiger partial charge in [0.25, 0.3) is 0 Å². The molecule has 0 amide bonds. The Bertz CT molecular complexity index is 361. The normalized spacial score (nSPS) is 20.1. The SMILES string of the molecule is CC(C)(C)C1C=Cc2ccncc2N1. The Morgan fingerprint density at radius 1 is 1.36 bits per heavy atom. The van der Waals surface area contributed by atoms with Gasteiger partial charge in [0.05, 0.1) is 11.9 Å². The van der Waals surface area contributed by atoms with Crippen LogP contribution in [0.1, 0.15) is 26.3 Å². The smallest absolute Gasteiger partial charge is 0.0604 e. The first-order valence-electron chi connectivity index (χ1n) is 4.96. The van der Waals surface area contributed by atoms with Crippen LogP contribution in [0.15, 0.2) is 24.5 Å². The first-order valence-corrected chi connectivity index (χ1v) is 4.96. The molecule has 1 aromatic rings. The molecular formula is C12H16N2. The molecule has 0 aliphatic carbocycles. The van der Waals surface area contributed by atoms with Crippen molar-refractivity contribution in [3.05, 3.63) is 30.1 Å². The fourth-order valence-electron chi connectivity index (χ4n) is 1.59. The summed E-state index contributed by atoms with van der Waals surface area (Å²) in [7, 11) is 0. The minimum atomic E-state index is 0.240. The van der Waals surface area contributed by atoms with Gasteiger partial charge in [-0.05, 0) is 11.5 Å². The van der Waals surface area contributed by atoms with Crippen molar-refractivity contribution < 1.29 is 0 Å². The highest BCUT2D eigenvalue weighted by atomic mass is 15.0. The Morgan fingerprint density at radius 2 is 2.14 bits per heavy atom. The highest BCUT2D eigenvalue weighted by Crippen LogP contribution is 2.30. The molecule has 14 heavy (non-hydrogen) atoms. The van der Waals surface area contributed by atoms with Crippen molar-refractivity contribution >= 4 is 11.8 Å². The van der Waals surface area contributed by atoms with E-state index >= 15 is 0 Å². The zero-order valence-corrected chi connectivity index (χ0v) is 8.91. The van der Waals surface area contributed by atoms with Crippen LogP contribution in [0.3, 0.4) is 0 Å². The molecule has 1 aliphatic heterocycles. The van der Waals surface area contributed by atoms with E-state index in [4.69, 9.17) is 0 Å². The van der Waals surface area contributed by atoms with E-state index in [1.54, 1.807) is 0 Å². The van der Waals surface area contributed by atoms with Crippen molar-refractivity contribution in [1.82, 2.24) is 4.98 Å². The third-order valence-electron chi connectivity index (χ3n) is 2.57. The molecule has 0 saturated carbocycles. The van der Waals surface area contributed by atoms with Crippen molar-refractivity contribution in [2.75, 3.05) is 5.32 Å². The molecule has 2 heteroatoms. The first kappa shape index (κ1) is 9.25. The maximum atomic E-state index is 4.12. The molecule has 1 N–H and O–H groups in total. The average molecular weight is 188 g/mol. The van der Waals surface area contributed by atoms with Crippen molar-refractivity contribution in [2.24, 2.45) is 5.41 Å². The van der Waals surface area contributed by atoms with Gasteiger partial charge in [-0.3, -0.25) is 4.98 Å². The lowest BCUT2D eigenvalue weighted by atomic mass is 9.84. The second kappa shape index (κ2) is 3.12. The van der Waals surface area contributed by atoms with Gasteiger partial charge >= 0.3 is 0 Å². The molecule has 2 rings (SSSR count). The van der Waals surface area contributed by atoms with Crippen LogP contribution in [0.25, 0.3) is 6.08 Å². The summed E-state index contributed by atoms with van der Waals surface area (Å²) < 4.78 is 0. The fourth-order valence-corrected chi connectivity index (χ4v) is 1.59. The second-order valence-electron chi connectivity index (χ2n) is 4.81. The van der Waals surface area contributed by atoms with Crippen LogP contribution < -0.4 is 5.32 Å². The van der Waals surface area contributed by atoms with Gasteiger partial charge < -0.3 is 5.32 Å². The lowest BCUT2D eigenvalue weighted by molar-refractivity contribution is 0.384. The van der Waals surface area contributed by atoms with E-state index in [1.165, 1.54) is 5.56 Å². The molecule has 1 unspecified atom stereocenters. The Morgan fingerprint density at radius 3 is 2.86 bits per heavy atom. The third-order valence-corrected chi connectivity index (χ3v) is 2.57. The van der Waals surface area contributed by atoms with Crippen molar-refractivity contribution in [1.29, 1.82) is 0 Å². The molecule has 0 spiro atoms. The van der Waals surface area contributed by atoms with Crippen molar-refractivity contribution in [2.45, 2.75) is 26.8 Å². The molecule has 1 atom stereocenters. The number of aromatic nitrogens is 1.